The van der Waals surface area contributed by atoms with E-state index in [-0.39, 0.29) is 11.9 Å². The molecule has 8 nitrogen and oxygen atoms in total. The third-order valence-electron chi connectivity index (χ3n) is 5.23. The predicted octanol–water partition coefficient (Wildman–Crippen LogP) is 0.0770. The molecule has 158 valence electrons. The standard InChI is InChI=1S/C19H34N6O2S/c1-4-5-13-24-16(20)15(17(26)22-18(24)27)25(14-9-6-7-10-14)19(28)21-11-8-12-23(2)3/h14H,4-13,20H2,1-3H3,(H,21,28)(H,22,26,27)/p+1. The highest BCUT2D eigenvalue weighted by molar-refractivity contribution is 7.80. The number of nitrogen functional groups attached to an aromatic ring is 1. The van der Waals surface area contributed by atoms with Gasteiger partial charge in [-0.1, -0.05) is 26.2 Å². The van der Waals surface area contributed by atoms with Crippen molar-refractivity contribution in [2.75, 3.05) is 37.8 Å². The normalized spacial score (nSPS) is 14.6. The molecule has 0 amide bonds. The number of thiocarbonyl (C=S) groups is 1. The Morgan fingerprint density at radius 1 is 1.32 bits per heavy atom. The summed E-state index contributed by atoms with van der Waals surface area (Å²) < 4.78 is 1.46. The zero-order valence-electron chi connectivity index (χ0n) is 17.3. The van der Waals surface area contributed by atoms with E-state index < -0.39 is 11.2 Å². The molecular weight excluding hydrogens is 376 g/mol. The Labute approximate surface area is 172 Å². The first-order valence-corrected chi connectivity index (χ1v) is 10.8. The summed E-state index contributed by atoms with van der Waals surface area (Å²) in [5.74, 6) is 0.205. The third-order valence-corrected chi connectivity index (χ3v) is 5.57. The lowest BCUT2D eigenvalue weighted by molar-refractivity contribution is -0.858. The van der Waals surface area contributed by atoms with Gasteiger partial charge in [0.05, 0.1) is 20.6 Å². The van der Waals surface area contributed by atoms with Crippen LogP contribution in [-0.4, -0.2) is 47.9 Å². The van der Waals surface area contributed by atoms with Crippen LogP contribution < -0.4 is 32.1 Å². The number of nitrogens with zero attached hydrogens (tertiary/aromatic N) is 2. The van der Waals surface area contributed by atoms with Gasteiger partial charge in [0, 0.05) is 25.6 Å². The van der Waals surface area contributed by atoms with Crippen LogP contribution in [0.5, 0.6) is 0 Å². The molecule has 5 N–H and O–H groups in total. The average Bonchev–Trinajstić information content (AvgIpc) is 3.15. The molecule has 1 aromatic heterocycles. The zero-order chi connectivity index (χ0) is 20.7. The number of rotatable bonds is 9. The monoisotopic (exact) mass is 411 g/mol. The molecule has 0 bridgehead atoms. The van der Waals surface area contributed by atoms with Crippen molar-refractivity contribution in [3.05, 3.63) is 20.8 Å². The molecule has 0 aromatic carbocycles. The molecule has 0 spiro atoms. The fourth-order valence-corrected chi connectivity index (χ4v) is 4.03. The van der Waals surface area contributed by atoms with Gasteiger partial charge in [-0.25, -0.2) is 4.79 Å². The molecule has 1 aliphatic rings. The van der Waals surface area contributed by atoms with Gasteiger partial charge in [-0.15, -0.1) is 0 Å². The first-order valence-electron chi connectivity index (χ1n) is 10.4. The lowest BCUT2D eigenvalue weighted by Gasteiger charge is -2.32. The quantitative estimate of drug-likeness (QED) is 0.339. The van der Waals surface area contributed by atoms with Crippen LogP contribution in [0.1, 0.15) is 51.9 Å². The van der Waals surface area contributed by atoms with Gasteiger partial charge in [-0.2, -0.15) is 0 Å². The summed E-state index contributed by atoms with van der Waals surface area (Å²) in [4.78, 5) is 30.7. The van der Waals surface area contributed by atoms with Gasteiger partial charge >= 0.3 is 5.69 Å². The highest BCUT2D eigenvalue weighted by atomic mass is 32.1. The van der Waals surface area contributed by atoms with Crippen molar-refractivity contribution in [3.63, 3.8) is 0 Å². The van der Waals surface area contributed by atoms with Crippen LogP contribution >= 0.6 is 12.2 Å². The van der Waals surface area contributed by atoms with E-state index in [4.69, 9.17) is 18.0 Å². The van der Waals surface area contributed by atoms with Crippen molar-refractivity contribution in [1.82, 2.24) is 14.9 Å². The summed E-state index contributed by atoms with van der Waals surface area (Å²) in [6, 6.07) is 0.125. The minimum Gasteiger partial charge on any atom is -0.383 e. The number of hydrogen-bond donors (Lipinski definition) is 4. The van der Waals surface area contributed by atoms with Crippen LogP contribution in [0.2, 0.25) is 0 Å². The molecule has 9 heteroatoms. The molecule has 0 radical (unpaired) electrons. The van der Waals surface area contributed by atoms with Gasteiger partial charge in [0.15, 0.2) is 10.8 Å². The highest BCUT2D eigenvalue weighted by Crippen LogP contribution is 2.29. The van der Waals surface area contributed by atoms with E-state index in [1.165, 1.54) is 9.47 Å². The van der Waals surface area contributed by atoms with Gasteiger partial charge < -0.3 is 20.9 Å². The summed E-state index contributed by atoms with van der Waals surface area (Å²) in [5.41, 5.74) is 5.71. The third kappa shape index (κ3) is 5.57. The van der Waals surface area contributed by atoms with Crippen molar-refractivity contribution in [3.8, 4) is 0 Å². The lowest BCUT2D eigenvalue weighted by atomic mass is 10.2. The molecular formula is C19H35N6O2S+. The molecule has 1 aliphatic carbocycles. The molecule has 1 heterocycles. The minimum absolute atomic E-state index is 0.125. The molecule has 2 rings (SSSR count). The van der Waals surface area contributed by atoms with Crippen molar-refractivity contribution in [1.29, 1.82) is 0 Å². The number of quaternary nitrogens is 1. The number of hydrogen-bond acceptors (Lipinski definition) is 4. The van der Waals surface area contributed by atoms with Crippen LogP contribution in [0, 0.1) is 0 Å². The van der Waals surface area contributed by atoms with Crippen LogP contribution in [0.4, 0.5) is 11.5 Å². The Balaban J connectivity index is 2.34. The average molecular weight is 412 g/mol. The van der Waals surface area contributed by atoms with Crippen LogP contribution in [0.15, 0.2) is 9.59 Å². The van der Waals surface area contributed by atoms with Crippen LogP contribution in [0.25, 0.3) is 0 Å². The van der Waals surface area contributed by atoms with Gasteiger partial charge in [0.1, 0.15) is 5.82 Å². The second kappa shape index (κ2) is 10.6. The topological polar surface area (TPSA) is 101 Å². The molecule has 1 aromatic rings. The van der Waals surface area contributed by atoms with E-state index in [9.17, 15) is 9.59 Å². The molecule has 0 aliphatic heterocycles. The van der Waals surface area contributed by atoms with E-state index >= 15 is 0 Å². The molecule has 0 unspecified atom stereocenters. The molecule has 0 atom stereocenters. The number of unbranched alkanes of at least 4 members (excludes halogenated alkanes) is 1. The number of aromatic nitrogens is 2. The smallest absolute Gasteiger partial charge is 0.330 e. The van der Waals surface area contributed by atoms with E-state index in [0.717, 1.165) is 58.0 Å². The first-order chi connectivity index (χ1) is 13.4. The lowest BCUT2D eigenvalue weighted by Crippen LogP contribution is -3.05. The zero-order valence-corrected chi connectivity index (χ0v) is 18.2. The highest BCUT2D eigenvalue weighted by Gasteiger charge is 2.30. The Bertz CT molecular complexity index is 767. The Hall–Kier alpha value is -1.87. The number of nitrogens with two attached hydrogens (primary N) is 1. The maximum atomic E-state index is 12.7. The van der Waals surface area contributed by atoms with E-state index in [1.54, 1.807) is 0 Å². The Morgan fingerprint density at radius 3 is 2.61 bits per heavy atom. The van der Waals surface area contributed by atoms with Crippen molar-refractivity contribution in [2.45, 2.75) is 64.5 Å². The minimum atomic E-state index is -0.468. The molecule has 1 fully saturated rings. The summed E-state index contributed by atoms with van der Waals surface area (Å²) in [5, 5.41) is 3.81. The number of H-pyrrole nitrogens is 1. The molecule has 28 heavy (non-hydrogen) atoms. The fourth-order valence-electron chi connectivity index (χ4n) is 3.68. The SMILES string of the molecule is CCCCn1c(N)c(N(C(=S)NCCC[NH+](C)C)C2CCCC2)c(=O)[nH]c1=O. The van der Waals surface area contributed by atoms with E-state index in [0.29, 0.717) is 17.3 Å². The van der Waals surface area contributed by atoms with Gasteiger partial charge in [-0.05, 0) is 31.5 Å². The molecule has 0 saturated heterocycles. The second-order valence-corrected chi connectivity index (χ2v) is 8.24. The number of nitrogens with one attached hydrogen (secondary N) is 3. The summed E-state index contributed by atoms with van der Waals surface area (Å²) >= 11 is 5.67. The van der Waals surface area contributed by atoms with E-state index in [2.05, 4.69) is 24.4 Å². The maximum absolute atomic E-state index is 12.7. The Kier molecular flexibility index (Phi) is 8.50. The first kappa shape index (κ1) is 22.4. The van der Waals surface area contributed by atoms with Gasteiger partial charge in [0.2, 0.25) is 0 Å². The summed E-state index contributed by atoms with van der Waals surface area (Å²) in [6.45, 7) is 4.30. The summed E-state index contributed by atoms with van der Waals surface area (Å²) in [6.07, 6.45) is 6.83. The van der Waals surface area contributed by atoms with Crippen LogP contribution in [0.3, 0.4) is 0 Å². The van der Waals surface area contributed by atoms with Gasteiger partial charge in [-0.3, -0.25) is 14.3 Å². The van der Waals surface area contributed by atoms with E-state index in [1.807, 2.05) is 11.8 Å². The van der Waals surface area contributed by atoms with Crippen molar-refractivity contribution < 1.29 is 4.90 Å². The number of aromatic amines is 1. The second-order valence-electron chi connectivity index (χ2n) is 7.85. The largest absolute Gasteiger partial charge is 0.383 e. The maximum Gasteiger partial charge on any atom is 0.330 e. The predicted molar refractivity (Wildman–Crippen MR) is 118 cm³/mol. The Morgan fingerprint density at radius 2 is 2.00 bits per heavy atom. The summed E-state index contributed by atoms with van der Waals surface area (Å²) in [7, 11) is 4.23. The van der Waals surface area contributed by atoms with Crippen molar-refractivity contribution in [2.24, 2.45) is 0 Å². The fraction of sp³-hybridized carbons (Fsp3) is 0.737. The van der Waals surface area contributed by atoms with Crippen molar-refractivity contribution >= 4 is 28.8 Å². The van der Waals surface area contributed by atoms with Gasteiger partial charge in [0.25, 0.3) is 5.56 Å². The van der Waals surface area contributed by atoms with Crippen LogP contribution in [-0.2, 0) is 6.54 Å². The number of anilines is 2. The molecule has 1 saturated carbocycles.